The molecular weight excluding hydrogens is 385 g/mol. The lowest BCUT2D eigenvalue weighted by atomic mass is 9.91. The van der Waals surface area contributed by atoms with Gasteiger partial charge in [0.15, 0.2) is 0 Å². The fourth-order valence-corrected chi connectivity index (χ4v) is 5.08. The smallest absolute Gasteiger partial charge is 0.227 e. The third kappa shape index (κ3) is 3.99. The second-order valence-electron chi connectivity index (χ2n) is 7.90. The van der Waals surface area contributed by atoms with Crippen LogP contribution in [-0.2, 0) is 16.0 Å². The molecular formula is C20H27Cl2N3O2. The standard InChI is InChI=1S/C20H27Cl2N3O2/c1-23-8-9-25(19(26)11-14-4-5-15(21)16(22)10-14)20-17(23)12-27-13-18(20)24-6-2-3-7-24/h4-5,10,17-18,20H,2-3,6-9,11-13H2,1H3/t17-,18+,20+/m1/s1. The number of piperazine rings is 1. The van der Waals surface area contributed by atoms with Crippen LogP contribution in [0.5, 0.6) is 0 Å². The Labute approximate surface area is 171 Å². The highest BCUT2D eigenvalue weighted by molar-refractivity contribution is 6.42. The van der Waals surface area contributed by atoms with Crippen LogP contribution in [-0.4, -0.2) is 85.2 Å². The van der Waals surface area contributed by atoms with E-state index in [0.717, 1.165) is 31.7 Å². The summed E-state index contributed by atoms with van der Waals surface area (Å²) in [6.45, 7) is 5.27. The van der Waals surface area contributed by atoms with E-state index in [9.17, 15) is 4.79 Å². The topological polar surface area (TPSA) is 36.0 Å². The van der Waals surface area contributed by atoms with E-state index in [1.807, 2.05) is 6.07 Å². The molecule has 1 aromatic carbocycles. The first-order valence-electron chi connectivity index (χ1n) is 9.80. The monoisotopic (exact) mass is 411 g/mol. The highest BCUT2D eigenvalue weighted by atomic mass is 35.5. The Hall–Kier alpha value is -0.850. The van der Waals surface area contributed by atoms with Crippen LogP contribution in [0.1, 0.15) is 18.4 Å². The van der Waals surface area contributed by atoms with Gasteiger partial charge >= 0.3 is 0 Å². The molecule has 5 nitrogen and oxygen atoms in total. The number of benzene rings is 1. The van der Waals surface area contributed by atoms with Crippen molar-refractivity contribution in [2.75, 3.05) is 46.4 Å². The van der Waals surface area contributed by atoms with Gasteiger partial charge < -0.3 is 9.64 Å². The molecule has 3 saturated heterocycles. The van der Waals surface area contributed by atoms with Gasteiger partial charge in [0.25, 0.3) is 0 Å². The molecule has 3 aliphatic rings. The number of carbonyl (C=O) groups is 1. The van der Waals surface area contributed by atoms with Crippen molar-refractivity contribution in [2.24, 2.45) is 0 Å². The van der Waals surface area contributed by atoms with Gasteiger partial charge in [0.1, 0.15) is 0 Å². The maximum atomic E-state index is 13.3. The van der Waals surface area contributed by atoms with Crippen molar-refractivity contribution in [2.45, 2.75) is 37.4 Å². The molecule has 4 rings (SSSR count). The first-order valence-corrected chi connectivity index (χ1v) is 10.6. The van der Waals surface area contributed by atoms with E-state index in [1.165, 1.54) is 12.8 Å². The van der Waals surface area contributed by atoms with Crippen LogP contribution in [0.2, 0.25) is 10.0 Å². The average molecular weight is 412 g/mol. The number of fused-ring (bicyclic) bond motifs is 1. The predicted molar refractivity (Wildman–Crippen MR) is 107 cm³/mol. The number of amides is 1. The molecule has 0 aliphatic carbocycles. The lowest BCUT2D eigenvalue weighted by molar-refractivity contribution is -0.150. The van der Waals surface area contributed by atoms with Crippen LogP contribution in [0.3, 0.4) is 0 Å². The molecule has 0 spiro atoms. The summed E-state index contributed by atoms with van der Waals surface area (Å²) in [7, 11) is 2.15. The SMILES string of the molecule is CN1CCN(C(=O)Cc2ccc(Cl)c(Cl)c2)[C@H]2[C@H]1COC[C@@H]2N1CCCC1. The van der Waals surface area contributed by atoms with Crippen molar-refractivity contribution >= 4 is 29.1 Å². The molecule has 1 aromatic rings. The van der Waals surface area contributed by atoms with Gasteiger partial charge in [0, 0.05) is 13.1 Å². The highest BCUT2D eigenvalue weighted by Crippen LogP contribution is 2.30. The van der Waals surface area contributed by atoms with E-state index in [-0.39, 0.29) is 24.0 Å². The van der Waals surface area contributed by atoms with E-state index >= 15 is 0 Å². The molecule has 0 saturated carbocycles. The quantitative estimate of drug-likeness (QED) is 0.765. The summed E-state index contributed by atoms with van der Waals surface area (Å²) in [5.41, 5.74) is 0.912. The van der Waals surface area contributed by atoms with Gasteiger partial charge in [0.05, 0.1) is 47.8 Å². The van der Waals surface area contributed by atoms with Crippen molar-refractivity contribution in [1.82, 2.24) is 14.7 Å². The number of nitrogens with zero attached hydrogens (tertiary/aromatic N) is 3. The zero-order valence-corrected chi connectivity index (χ0v) is 17.3. The zero-order valence-electron chi connectivity index (χ0n) is 15.7. The van der Waals surface area contributed by atoms with Gasteiger partial charge in [0.2, 0.25) is 5.91 Å². The van der Waals surface area contributed by atoms with Gasteiger partial charge in [-0.3, -0.25) is 14.6 Å². The Bertz CT molecular complexity index is 696. The Balaban J connectivity index is 1.55. The number of likely N-dealkylation sites (N-methyl/N-ethyl adjacent to an activating group) is 1. The Morgan fingerprint density at radius 3 is 2.56 bits per heavy atom. The number of likely N-dealkylation sites (tertiary alicyclic amines) is 1. The lowest BCUT2D eigenvalue weighted by Crippen LogP contribution is -2.70. The molecule has 7 heteroatoms. The number of hydrogen-bond donors (Lipinski definition) is 0. The van der Waals surface area contributed by atoms with Crippen molar-refractivity contribution in [1.29, 1.82) is 0 Å². The summed E-state index contributed by atoms with van der Waals surface area (Å²) in [5.74, 6) is 0.169. The van der Waals surface area contributed by atoms with E-state index in [0.29, 0.717) is 29.7 Å². The number of ether oxygens (including phenoxy) is 1. The summed E-state index contributed by atoms with van der Waals surface area (Å²) >= 11 is 12.1. The Morgan fingerprint density at radius 1 is 1.07 bits per heavy atom. The van der Waals surface area contributed by atoms with Gasteiger partial charge in [-0.2, -0.15) is 0 Å². The Morgan fingerprint density at radius 2 is 1.81 bits per heavy atom. The van der Waals surface area contributed by atoms with Gasteiger partial charge in [-0.05, 0) is 50.7 Å². The van der Waals surface area contributed by atoms with E-state index < -0.39 is 0 Å². The number of carbonyl (C=O) groups excluding carboxylic acids is 1. The normalized spacial score (nSPS) is 29.7. The van der Waals surface area contributed by atoms with Gasteiger partial charge in [-0.25, -0.2) is 0 Å². The summed E-state index contributed by atoms with van der Waals surface area (Å²) in [6, 6.07) is 6.19. The fraction of sp³-hybridized carbons (Fsp3) is 0.650. The number of rotatable bonds is 3. The van der Waals surface area contributed by atoms with Gasteiger partial charge in [-0.1, -0.05) is 29.3 Å². The number of hydrogen-bond acceptors (Lipinski definition) is 4. The first kappa shape index (κ1) is 19.5. The van der Waals surface area contributed by atoms with Crippen LogP contribution >= 0.6 is 23.2 Å². The summed E-state index contributed by atoms with van der Waals surface area (Å²) in [6.07, 6.45) is 2.83. The van der Waals surface area contributed by atoms with Crippen molar-refractivity contribution in [3.63, 3.8) is 0 Å². The van der Waals surface area contributed by atoms with Crippen LogP contribution in [0.25, 0.3) is 0 Å². The van der Waals surface area contributed by atoms with Crippen molar-refractivity contribution in [3.05, 3.63) is 33.8 Å². The lowest BCUT2D eigenvalue weighted by Gasteiger charge is -2.53. The summed E-state index contributed by atoms with van der Waals surface area (Å²) in [5, 5.41) is 1.02. The van der Waals surface area contributed by atoms with Crippen LogP contribution in [0, 0.1) is 0 Å². The molecule has 27 heavy (non-hydrogen) atoms. The predicted octanol–water partition coefficient (Wildman–Crippen LogP) is 2.54. The minimum atomic E-state index is 0.169. The fourth-order valence-electron chi connectivity index (χ4n) is 4.76. The second-order valence-corrected chi connectivity index (χ2v) is 8.71. The van der Waals surface area contributed by atoms with E-state index in [1.54, 1.807) is 12.1 Å². The van der Waals surface area contributed by atoms with Gasteiger partial charge in [-0.15, -0.1) is 0 Å². The summed E-state index contributed by atoms with van der Waals surface area (Å²) < 4.78 is 5.96. The van der Waals surface area contributed by atoms with E-state index in [2.05, 4.69) is 21.7 Å². The maximum Gasteiger partial charge on any atom is 0.227 e. The third-order valence-corrected chi connectivity index (χ3v) is 6.99. The minimum Gasteiger partial charge on any atom is -0.378 e. The first-order chi connectivity index (χ1) is 13.0. The summed E-state index contributed by atoms with van der Waals surface area (Å²) in [4.78, 5) is 20.2. The van der Waals surface area contributed by atoms with Crippen molar-refractivity contribution in [3.8, 4) is 0 Å². The molecule has 148 valence electrons. The second kappa shape index (κ2) is 8.26. The molecule has 1 amide bonds. The molecule has 3 aliphatic heterocycles. The number of halogens is 2. The zero-order chi connectivity index (χ0) is 19.0. The molecule has 3 heterocycles. The van der Waals surface area contributed by atoms with Crippen LogP contribution < -0.4 is 0 Å². The molecule has 0 bridgehead atoms. The molecule has 0 unspecified atom stereocenters. The van der Waals surface area contributed by atoms with E-state index in [4.69, 9.17) is 27.9 Å². The highest BCUT2D eigenvalue weighted by Gasteiger charge is 2.46. The molecule has 3 fully saturated rings. The molecule has 0 radical (unpaired) electrons. The average Bonchev–Trinajstić information content (AvgIpc) is 3.19. The molecule has 3 atom stereocenters. The van der Waals surface area contributed by atoms with Crippen molar-refractivity contribution < 1.29 is 9.53 Å². The Kier molecular flexibility index (Phi) is 5.95. The molecule has 0 aromatic heterocycles. The van der Waals surface area contributed by atoms with Crippen LogP contribution in [0.4, 0.5) is 0 Å². The minimum absolute atomic E-state index is 0.169. The van der Waals surface area contributed by atoms with Crippen LogP contribution in [0.15, 0.2) is 18.2 Å². The molecule has 0 N–H and O–H groups in total. The third-order valence-electron chi connectivity index (χ3n) is 6.25. The largest absolute Gasteiger partial charge is 0.378 e. The maximum absolute atomic E-state index is 13.3.